The van der Waals surface area contributed by atoms with Crippen molar-refractivity contribution in [1.82, 2.24) is 10.3 Å². The molecule has 1 N–H and O–H groups in total. The number of benzene rings is 2. The maximum absolute atomic E-state index is 12.1. The Labute approximate surface area is 168 Å². The molecule has 1 amide bonds. The topological polar surface area (TPSA) is 68.3 Å². The summed E-state index contributed by atoms with van der Waals surface area (Å²) in [5, 5.41) is 3.65. The molecule has 1 aromatic heterocycles. The second-order valence-electron chi connectivity index (χ2n) is 6.50. The lowest BCUT2D eigenvalue weighted by Gasteiger charge is -2.15. The number of rotatable bonds is 6. The molecule has 3 aromatic rings. The molecule has 1 atom stereocenters. The van der Waals surface area contributed by atoms with Crippen molar-refractivity contribution in [3.05, 3.63) is 75.7 Å². The van der Waals surface area contributed by atoms with Gasteiger partial charge in [0.25, 0.3) is 5.91 Å². The highest BCUT2D eigenvalue weighted by atomic mass is 32.1. The number of esters is 1. The first kappa shape index (κ1) is 19.8. The first-order valence-electron chi connectivity index (χ1n) is 9.00. The highest BCUT2D eigenvalue weighted by Crippen LogP contribution is 2.22. The van der Waals surface area contributed by atoms with Crippen LogP contribution in [0.25, 0.3) is 11.1 Å². The average Bonchev–Trinajstić information content (AvgIpc) is 3.05. The first-order valence-corrected chi connectivity index (χ1v) is 9.81. The minimum atomic E-state index is -0.516. The van der Waals surface area contributed by atoms with Crippen LogP contribution in [0.4, 0.5) is 0 Å². The van der Waals surface area contributed by atoms with Crippen LogP contribution in [0.3, 0.4) is 0 Å². The van der Waals surface area contributed by atoms with Gasteiger partial charge in [0.2, 0.25) is 0 Å². The molecule has 6 heteroatoms. The Morgan fingerprint density at radius 3 is 2.29 bits per heavy atom. The Morgan fingerprint density at radius 2 is 1.68 bits per heavy atom. The van der Waals surface area contributed by atoms with E-state index in [1.807, 2.05) is 56.3 Å². The van der Waals surface area contributed by atoms with Crippen LogP contribution >= 0.6 is 11.3 Å². The molecule has 0 bridgehead atoms. The van der Waals surface area contributed by atoms with Crippen molar-refractivity contribution < 1.29 is 14.3 Å². The number of nitrogens with zero attached hydrogens (tertiary/aromatic N) is 1. The van der Waals surface area contributed by atoms with E-state index in [1.165, 1.54) is 11.3 Å². The molecule has 0 aliphatic carbocycles. The molecule has 0 aliphatic rings. The smallest absolute Gasteiger partial charge is 0.350 e. The SMILES string of the molecule is Cc1nc(C)c(C(=O)OCC(=O)NC(C)c2ccc(-c3ccccc3)cc2)s1. The van der Waals surface area contributed by atoms with Crippen LogP contribution in [0, 0.1) is 13.8 Å². The van der Waals surface area contributed by atoms with E-state index < -0.39 is 5.97 Å². The van der Waals surface area contributed by atoms with Crippen LogP contribution in [0.15, 0.2) is 54.6 Å². The number of carbonyl (C=O) groups excluding carboxylic acids is 2. The number of hydrogen-bond donors (Lipinski definition) is 1. The van der Waals surface area contributed by atoms with E-state index in [0.717, 1.165) is 21.7 Å². The molecule has 1 heterocycles. The van der Waals surface area contributed by atoms with Crippen molar-refractivity contribution in [3.63, 3.8) is 0 Å². The van der Waals surface area contributed by atoms with Crippen LogP contribution in [0.2, 0.25) is 0 Å². The van der Waals surface area contributed by atoms with Crippen LogP contribution in [-0.4, -0.2) is 23.5 Å². The van der Waals surface area contributed by atoms with E-state index in [4.69, 9.17) is 4.74 Å². The van der Waals surface area contributed by atoms with Gasteiger partial charge in [-0.3, -0.25) is 4.79 Å². The number of thiazole rings is 1. The fraction of sp³-hybridized carbons (Fsp3) is 0.227. The molecule has 28 heavy (non-hydrogen) atoms. The van der Waals surface area contributed by atoms with Gasteiger partial charge in [0, 0.05) is 0 Å². The number of amides is 1. The van der Waals surface area contributed by atoms with Crippen molar-refractivity contribution in [2.45, 2.75) is 26.8 Å². The van der Waals surface area contributed by atoms with Gasteiger partial charge in [0.15, 0.2) is 6.61 Å². The maximum atomic E-state index is 12.1. The number of nitrogens with one attached hydrogen (secondary N) is 1. The minimum absolute atomic E-state index is 0.191. The largest absolute Gasteiger partial charge is 0.451 e. The molecule has 2 aromatic carbocycles. The second-order valence-corrected chi connectivity index (χ2v) is 7.70. The molecule has 0 fully saturated rings. The summed E-state index contributed by atoms with van der Waals surface area (Å²) in [7, 11) is 0. The van der Waals surface area contributed by atoms with Crippen molar-refractivity contribution in [3.8, 4) is 11.1 Å². The summed E-state index contributed by atoms with van der Waals surface area (Å²) in [6, 6.07) is 17.9. The van der Waals surface area contributed by atoms with Gasteiger partial charge < -0.3 is 10.1 Å². The highest BCUT2D eigenvalue weighted by Gasteiger charge is 2.17. The highest BCUT2D eigenvalue weighted by molar-refractivity contribution is 7.13. The van der Waals surface area contributed by atoms with Gasteiger partial charge in [0.1, 0.15) is 4.88 Å². The number of aromatic nitrogens is 1. The molecule has 0 saturated heterocycles. The molecule has 0 saturated carbocycles. The quantitative estimate of drug-likeness (QED) is 0.627. The van der Waals surface area contributed by atoms with E-state index in [2.05, 4.69) is 22.4 Å². The Kier molecular flexibility index (Phi) is 6.21. The van der Waals surface area contributed by atoms with Crippen molar-refractivity contribution >= 4 is 23.2 Å². The number of carbonyl (C=O) groups is 2. The minimum Gasteiger partial charge on any atom is -0.451 e. The van der Waals surface area contributed by atoms with Crippen LogP contribution in [-0.2, 0) is 9.53 Å². The molecule has 5 nitrogen and oxygen atoms in total. The van der Waals surface area contributed by atoms with E-state index in [-0.39, 0.29) is 18.6 Å². The van der Waals surface area contributed by atoms with Crippen molar-refractivity contribution in [2.75, 3.05) is 6.61 Å². The van der Waals surface area contributed by atoms with E-state index in [0.29, 0.717) is 10.6 Å². The summed E-state index contributed by atoms with van der Waals surface area (Å²) in [5.41, 5.74) is 3.87. The molecule has 1 unspecified atom stereocenters. The Hall–Kier alpha value is -2.99. The number of aryl methyl sites for hydroxylation is 2. The van der Waals surface area contributed by atoms with Gasteiger partial charge in [-0.25, -0.2) is 9.78 Å². The summed E-state index contributed by atoms with van der Waals surface area (Å²) in [6.45, 7) is 5.16. The van der Waals surface area contributed by atoms with Gasteiger partial charge in [-0.15, -0.1) is 11.3 Å². The summed E-state index contributed by atoms with van der Waals surface area (Å²) in [4.78, 5) is 28.9. The predicted molar refractivity (Wildman–Crippen MR) is 110 cm³/mol. The van der Waals surface area contributed by atoms with Gasteiger partial charge in [-0.2, -0.15) is 0 Å². The fourth-order valence-electron chi connectivity index (χ4n) is 2.88. The van der Waals surface area contributed by atoms with Crippen molar-refractivity contribution in [2.24, 2.45) is 0 Å². The van der Waals surface area contributed by atoms with Gasteiger partial charge in [0.05, 0.1) is 16.7 Å². The lowest BCUT2D eigenvalue weighted by Crippen LogP contribution is -2.31. The third kappa shape index (κ3) is 4.84. The lowest BCUT2D eigenvalue weighted by molar-refractivity contribution is -0.124. The zero-order valence-corrected chi connectivity index (χ0v) is 16.9. The molecule has 0 radical (unpaired) electrons. The summed E-state index contributed by atoms with van der Waals surface area (Å²) in [6.07, 6.45) is 0. The average molecular weight is 394 g/mol. The molecular formula is C22H22N2O3S. The Bertz CT molecular complexity index is 965. The molecule has 0 spiro atoms. The van der Waals surface area contributed by atoms with Crippen LogP contribution in [0.1, 0.15) is 38.9 Å². The number of ether oxygens (including phenoxy) is 1. The first-order chi connectivity index (χ1) is 13.4. The zero-order valence-electron chi connectivity index (χ0n) is 16.1. The molecule has 144 valence electrons. The fourth-order valence-corrected chi connectivity index (χ4v) is 3.69. The molecule has 0 aliphatic heterocycles. The summed E-state index contributed by atoms with van der Waals surface area (Å²) >= 11 is 1.27. The van der Waals surface area contributed by atoms with E-state index in [1.54, 1.807) is 6.92 Å². The summed E-state index contributed by atoms with van der Waals surface area (Å²) in [5.74, 6) is -0.856. The predicted octanol–water partition coefficient (Wildman–Crippen LogP) is 4.46. The normalized spacial score (nSPS) is 11.7. The van der Waals surface area contributed by atoms with Gasteiger partial charge in [-0.05, 0) is 37.5 Å². The number of hydrogen-bond acceptors (Lipinski definition) is 5. The van der Waals surface area contributed by atoms with Gasteiger partial charge >= 0.3 is 5.97 Å². The van der Waals surface area contributed by atoms with E-state index >= 15 is 0 Å². The second kappa shape index (κ2) is 8.80. The van der Waals surface area contributed by atoms with Crippen molar-refractivity contribution in [1.29, 1.82) is 0 Å². The Balaban J connectivity index is 1.54. The maximum Gasteiger partial charge on any atom is 0.350 e. The third-order valence-electron chi connectivity index (χ3n) is 4.32. The molecular weight excluding hydrogens is 372 g/mol. The van der Waals surface area contributed by atoms with Crippen LogP contribution < -0.4 is 5.32 Å². The van der Waals surface area contributed by atoms with E-state index in [9.17, 15) is 9.59 Å². The third-order valence-corrected chi connectivity index (χ3v) is 5.37. The summed E-state index contributed by atoms with van der Waals surface area (Å²) < 4.78 is 5.12. The monoisotopic (exact) mass is 394 g/mol. The standard InChI is InChI=1S/C22H22N2O3S/c1-14(17-9-11-19(12-10-17)18-7-5-4-6-8-18)24-20(25)13-27-22(26)21-15(2)23-16(3)28-21/h4-12,14H,13H2,1-3H3,(H,24,25). The zero-order chi connectivity index (χ0) is 20.1. The molecule has 3 rings (SSSR count). The van der Waals surface area contributed by atoms with Crippen LogP contribution in [0.5, 0.6) is 0 Å². The lowest BCUT2D eigenvalue weighted by atomic mass is 10.0. The Morgan fingerprint density at radius 1 is 1.04 bits per heavy atom. The van der Waals surface area contributed by atoms with Gasteiger partial charge in [-0.1, -0.05) is 54.6 Å².